The number of hydrogen-bond donors (Lipinski definition) is 4. The molecule has 5 heteroatoms. The van der Waals surface area contributed by atoms with Crippen molar-refractivity contribution in [1.29, 1.82) is 0 Å². The number of carbonyl (C=O) groups is 1. The predicted molar refractivity (Wildman–Crippen MR) is 194 cm³/mol. The van der Waals surface area contributed by atoms with Gasteiger partial charge in [0, 0.05) is 6.42 Å². The van der Waals surface area contributed by atoms with Crippen LogP contribution in [-0.2, 0) is 4.79 Å². The fourth-order valence-corrected chi connectivity index (χ4v) is 5.68. The molecule has 0 aliphatic rings. The highest BCUT2D eigenvalue weighted by atomic mass is 16.3. The highest BCUT2D eigenvalue weighted by Gasteiger charge is 2.26. The number of unbranched alkanes of at least 4 members (excludes halogenated alkanes) is 20. The second kappa shape index (κ2) is 35.4. The molecule has 0 saturated heterocycles. The third-order valence-electron chi connectivity index (χ3n) is 8.73. The lowest BCUT2D eigenvalue weighted by Gasteiger charge is -2.26. The van der Waals surface area contributed by atoms with Gasteiger partial charge in [0.2, 0.25) is 5.91 Å². The third kappa shape index (κ3) is 31.0. The number of nitrogens with one attached hydrogen (secondary N) is 1. The Hall–Kier alpha value is -1.43. The summed E-state index contributed by atoms with van der Waals surface area (Å²) >= 11 is 0. The molecule has 0 aromatic heterocycles. The Kier molecular flexibility index (Phi) is 34.3. The SMILES string of the molecule is CCCCCCCC/C=C\C/C=C\CCC(=O)NC(CO)C(O)C(O)CCC/C=C/CCCCCCCCCCCCCCC. The highest BCUT2D eigenvalue weighted by Crippen LogP contribution is 2.14. The van der Waals surface area contributed by atoms with Crippen molar-refractivity contribution < 1.29 is 20.1 Å². The van der Waals surface area contributed by atoms with Gasteiger partial charge in [-0.1, -0.05) is 159 Å². The van der Waals surface area contributed by atoms with E-state index in [0.717, 1.165) is 32.1 Å². The summed E-state index contributed by atoms with van der Waals surface area (Å²) in [6, 6.07) is -0.854. The fourth-order valence-electron chi connectivity index (χ4n) is 5.68. The predicted octanol–water partition coefficient (Wildman–Crippen LogP) is 10.4. The third-order valence-corrected chi connectivity index (χ3v) is 8.73. The maximum Gasteiger partial charge on any atom is 0.220 e. The van der Waals surface area contributed by atoms with Crippen molar-refractivity contribution >= 4 is 5.91 Å². The van der Waals surface area contributed by atoms with Gasteiger partial charge in [-0.25, -0.2) is 0 Å². The first-order valence-electron chi connectivity index (χ1n) is 19.3. The molecule has 0 heterocycles. The van der Waals surface area contributed by atoms with Gasteiger partial charge in [0.15, 0.2) is 0 Å². The van der Waals surface area contributed by atoms with Crippen LogP contribution in [-0.4, -0.2) is 46.1 Å². The Labute approximate surface area is 279 Å². The van der Waals surface area contributed by atoms with E-state index < -0.39 is 24.9 Å². The van der Waals surface area contributed by atoms with Crippen molar-refractivity contribution in [2.45, 2.75) is 205 Å². The smallest absolute Gasteiger partial charge is 0.220 e. The van der Waals surface area contributed by atoms with Crippen molar-refractivity contribution in [3.8, 4) is 0 Å². The first-order chi connectivity index (χ1) is 22.1. The molecule has 0 radical (unpaired) electrons. The zero-order valence-electron chi connectivity index (χ0n) is 29.7. The maximum atomic E-state index is 12.3. The molecule has 0 aromatic carbocycles. The Morgan fingerprint density at radius 2 is 0.956 bits per heavy atom. The van der Waals surface area contributed by atoms with Crippen LogP contribution in [0.2, 0.25) is 0 Å². The summed E-state index contributed by atoms with van der Waals surface area (Å²) in [5.41, 5.74) is 0. The van der Waals surface area contributed by atoms with E-state index in [1.54, 1.807) is 0 Å². The lowest BCUT2D eigenvalue weighted by molar-refractivity contribution is -0.124. The summed E-state index contributed by atoms with van der Waals surface area (Å²) in [6.45, 7) is 4.12. The van der Waals surface area contributed by atoms with Crippen LogP contribution in [0.5, 0.6) is 0 Å². The molecular weight excluding hydrogens is 558 g/mol. The van der Waals surface area contributed by atoms with Crippen LogP contribution < -0.4 is 5.32 Å². The van der Waals surface area contributed by atoms with Crippen molar-refractivity contribution in [3.63, 3.8) is 0 Å². The minimum atomic E-state index is -1.18. The first-order valence-corrected chi connectivity index (χ1v) is 19.3. The Balaban J connectivity index is 3.78. The van der Waals surface area contributed by atoms with Crippen LogP contribution in [0.25, 0.3) is 0 Å². The number of amides is 1. The second-order valence-corrected chi connectivity index (χ2v) is 13.1. The molecule has 0 bridgehead atoms. The summed E-state index contributed by atoms with van der Waals surface area (Å²) < 4.78 is 0. The summed E-state index contributed by atoms with van der Waals surface area (Å²) in [7, 11) is 0. The normalized spacial score (nSPS) is 14.2. The number of aliphatic hydroxyl groups excluding tert-OH is 3. The summed E-state index contributed by atoms with van der Waals surface area (Å²) in [5, 5.41) is 33.3. The largest absolute Gasteiger partial charge is 0.394 e. The molecule has 264 valence electrons. The van der Waals surface area contributed by atoms with Gasteiger partial charge in [-0.05, 0) is 57.8 Å². The Morgan fingerprint density at radius 1 is 0.556 bits per heavy atom. The molecule has 0 spiro atoms. The van der Waals surface area contributed by atoms with Crippen molar-refractivity contribution in [2.75, 3.05) is 6.61 Å². The standard InChI is InChI=1S/C40H75NO4/c1-3-5-7-9-11-13-15-17-18-19-20-21-23-24-26-28-30-32-34-38(43)40(45)37(36-42)41-39(44)35-33-31-29-27-25-22-16-14-12-10-8-6-4-2/h22,25-26,28-29,31,37-38,40,42-43,45H,3-21,23-24,27,30,32-36H2,1-2H3,(H,41,44)/b25-22-,28-26+,31-29-. The minimum Gasteiger partial charge on any atom is -0.394 e. The molecule has 3 unspecified atom stereocenters. The molecule has 4 N–H and O–H groups in total. The molecule has 1 amide bonds. The van der Waals surface area contributed by atoms with Crippen LogP contribution in [0.4, 0.5) is 0 Å². The van der Waals surface area contributed by atoms with Gasteiger partial charge in [0.05, 0.1) is 18.8 Å². The molecule has 0 fully saturated rings. The van der Waals surface area contributed by atoms with Crippen LogP contribution in [0.15, 0.2) is 36.5 Å². The molecule has 0 rings (SSSR count). The number of rotatable bonds is 34. The summed E-state index contributed by atoms with van der Waals surface area (Å²) in [6.07, 6.45) is 42.5. The van der Waals surface area contributed by atoms with E-state index >= 15 is 0 Å². The topological polar surface area (TPSA) is 89.8 Å². The number of carbonyl (C=O) groups excluding carboxylic acids is 1. The van der Waals surface area contributed by atoms with Gasteiger partial charge >= 0.3 is 0 Å². The van der Waals surface area contributed by atoms with Crippen molar-refractivity contribution in [2.24, 2.45) is 0 Å². The molecular formula is C40H75NO4. The Bertz CT molecular complexity index is 704. The fraction of sp³-hybridized carbons (Fsp3) is 0.825. The zero-order chi connectivity index (χ0) is 33.1. The van der Waals surface area contributed by atoms with Gasteiger partial charge < -0.3 is 20.6 Å². The number of aliphatic hydroxyl groups is 3. The van der Waals surface area contributed by atoms with E-state index in [4.69, 9.17) is 0 Å². The number of allylic oxidation sites excluding steroid dienone is 6. The van der Waals surface area contributed by atoms with E-state index in [1.165, 1.54) is 122 Å². The number of hydrogen-bond acceptors (Lipinski definition) is 4. The average molecular weight is 634 g/mol. The molecule has 0 saturated carbocycles. The van der Waals surface area contributed by atoms with Gasteiger partial charge in [0.25, 0.3) is 0 Å². The zero-order valence-corrected chi connectivity index (χ0v) is 29.7. The average Bonchev–Trinajstić information content (AvgIpc) is 3.04. The molecule has 0 aliphatic heterocycles. The second-order valence-electron chi connectivity index (χ2n) is 13.1. The van der Waals surface area contributed by atoms with E-state index in [0.29, 0.717) is 19.3 Å². The molecule has 45 heavy (non-hydrogen) atoms. The lowest BCUT2D eigenvalue weighted by Crippen LogP contribution is -2.50. The molecule has 3 atom stereocenters. The highest BCUT2D eigenvalue weighted by molar-refractivity contribution is 5.76. The van der Waals surface area contributed by atoms with E-state index in [1.807, 2.05) is 6.08 Å². The summed E-state index contributed by atoms with van der Waals surface area (Å²) in [4.78, 5) is 12.3. The van der Waals surface area contributed by atoms with Gasteiger partial charge in [0.1, 0.15) is 6.10 Å². The van der Waals surface area contributed by atoms with Crippen LogP contribution >= 0.6 is 0 Å². The van der Waals surface area contributed by atoms with Crippen molar-refractivity contribution in [1.82, 2.24) is 5.32 Å². The molecule has 0 aliphatic carbocycles. The van der Waals surface area contributed by atoms with Gasteiger partial charge in [-0.15, -0.1) is 0 Å². The van der Waals surface area contributed by atoms with Gasteiger partial charge in [-0.2, -0.15) is 0 Å². The van der Waals surface area contributed by atoms with E-state index in [-0.39, 0.29) is 5.91 Å². The quantitative estimate of drug-likeness (QED) is 0.0419. The van der Waals surface area contributed by atoms with E-state index in [2.05, 4.69) is 49.5 Å². The van der Waals surface area contributed by atoms with Crippen LogP contribution in [0.3, 0.4) is 0 Å². The van der Waals surface area contributed by atoms with E-state index in [9.17, 15) is 20.1 Å². The lowest BCUT2D eigenvalue weighted by atomic mass is 10.0. The minimum absolute atomic E-state index is 0.223. The first kappa shape index (κ1) is 43.6. The Morgan fingerprint density at radius 3 is 1.42 bits per heavy atom. The van der Waals surface area contributed by atoms with Gasteiger partial charge in [-0.3, -0.25) is 4.79 Å². The van der Waals surface area contributed by atoms with Crippen LogP contribution in [0.1, 0.15) is 187 Å². The molecule has 5 nitrogen and oxygen atoms in total. The molecule has 0 aromatic rings. The summed E-state index contributed by atoms with van der Waals surface area (Å²) in [5.74, 6) is -0.223. The maximum absolute atomic E-state index is 12.3. The van der Waals surface area contributed by atoms with Crippen LogP contribution in [0, 0.1) is 0 Å². The monoisotopic (exact) mass is 634 g/mol. The van der Waals surface area contributed by atoms with Crippen molar-refractivity contribution in [3.05, 3.63) is 36.5 Å².